The number of aromatic hydroxyl groups is 1. The van der Waals surface area contributed by atoms with Gasteiger partial charge in [0.15, 0.2) is 0 Å². The van der Waals surface area contributed by atoms with E-state index in [2.05, 4.69) is 9.97 Å². The molecule has 0 saturated carbocycles. The second-order valence-electron chi connectivity index (χ2n) is 4.41. The molecule has 0 aliphatic rings. The number of rotatable bonds is 1. The van der Waals surface area contributed by atoms with Gasteiger partial charge in [0.1, 0.15) is 11.3 Å². The zero-order valence-corrected chi connectivity index (χ0v) is 10.6. The van der Waals surface area contributed by atoms with E-state index in [0.29, 0.717) is 16.8 Å². The number of aromatic nitrogens is 2. The van der Waals surface area contributed by atoms with Gasteiger partial charge in [-0.1, -0.05) is 0 Å². The molecular weight excluding hydrogens is 258 g/mol. The zero-order valence-electron chi connectivity index (χ0n) is 10.6. The van der Waals surface area contributed by atoms with Crippen LogP contribution in [0.15, 0.2) is 39.7 Å². The van der Waals surface area contributed by atoms with Crippen molar-refractivity contribution in [3.05, 3.63) is 46.4 Å². The number of aryl methyl sites for hydroxylation is 1. The molecule has 0 aliphatic heterocycles. The molecule has 0 atom stereocenters. The van der Waals surface area contributed by atoms with Crippen molar-refractivity contribution in [3.63, 3.8) is 0 Å². The van der Waals surface area contributed by atoms with Crippen LogP contribution in [0.3, 0.4) is 0 Å². The molecule has 0 radical (unpaired) electrons. The number of fused-ring (bicyclic) bond motifs is 1. The van der Waals surface area contributed by atoms with Gasteiger partial charge in [-0.15, -0.1) is 0 Å². The Balaban J connectivity index is 2.32. The van der Waals surface area contributed by atoms with Crippen molar-refractivity contribution in [3.8, 4) is 17.0 Å². The van der Waals surface area contributed by atoms with E-state index in [1.54, 1.807) is 19.1 Å². The predicted octanol–water partition coefficient (Wildman–Crippen LogP) is 1.85. The van der Waals surface area contributed by atoms with E-state index in [0.717, 1.165) is 10.9 Å². The first-order valence-electron chi connectivity index (χ1n) is 5.91. The van der Waals surface area contributed by atoms with Gasteiger partial charge in [-0.2, -0.15) is 0 Å². The summed E-state index contributed by atoms with van der Waals surface area (Å²) in [5.41, 5.74) is 7.19. The van der Waals surface area contributed by atoms with Gasteiger partial charge in [-0.3, -0.25) is 0 Å². The van der Waals surface area contributed by atoms with E-state index in [1.807, 2.05) is 0 Å². The highest BCUT2D eigenvalue weighted by Crippen LogP contribution is 2.33. The SMILES string of the molecule is Cc1cc(=O)oc2cc(O)c(-c3ccnc(N)n3)cc12. The highest BCUT2D eigenvalue weighted by atomic mass is 16.4. The molecule has 3 aromatic rings. The van der Waals surface area contributed by atoms with Gasteiger partial charge >= 0.3 is 5.63 Å². The molecule has 2 aromatic heterocycles. The normalized spacial score (nSPS) is 10.8. The molecule has 0 aliphatic carbocycles. The summed E-state index contributed by atoms with van der Waals surface area (Å²) in [5, 5.41) is 10.8. The smallest absolute Gasteiger partial charge is 0.336 e. The second kappa shape index (κ2) is 4.34. The third-order valence-electron chi connectivity index (χ3n) is 3.02. The summed E-state index contributed by atoms with van der Waals surface area (Å²) >= 11 is 0. The fraction of sp³-hybridized carbons (Fsp3) is 0.0714. The van der Waals surface area contributed by atoms with E-state index in [1.165, 1.54) is 18.3 Å². The number of nitrogens with zero attached hydrogens (tertiary/aromatic N) is 2. The fourth-order valence-electron chi connectivity index (χ4n) is 2.08. The maximum Gasteiger partial charge on any atom is 0.336 e. The second-order valence-corrected chi connectivity index (χ2v) is 4.41. The van der Waals surface area contributed by atoms with Crippen LogP contribution in [0.2, 0.25) is 0 Å². The molecule has 6 nitrogen and oxygen atoms in total. The minimum absolute atomic E-state index is 0.0376. The van der Waals surface area contributed by atoms with Gasteiger partial charge < -0.3 is 15.3 Å². The first kappa shape index (κ1) is 12.2. The van der Waals surface area contributed by atoms with Crippen LogP contribution in [0.5, 0.6) is 5.75 Å². The maximum absolute atomic E-state index is 11.3. The van der Waals surface area contributed by atoms with Crippen molar-refractivity contribution in [2.24, 2.45) is 0 Å². The molecule has 0 unspecified atom stereocenters. The van der Waals surface area contributed by atoms with E-state index in [-0.39, 0.29) is 11.7 Å². The largest absolute Gasteiger partial charge is 0.507 e. The summed E-state index contributed by atoms with van der Waals surface area (Å²) < 4.78 is 5.06. The van der Waals surface area contributed by atoms with Crippen molar-refractivity contribution >= 4 is 16.9 Å². The van der Waals surface area contributed by atoms with E-state index in [4.69, 9.17) is 10.2 Å². The average Bonchev–Trinajstić information content (AvgIpc) is 2.37. The van der Waals surface area contributed by atoms with Gasteiger partial charge in [0.05, 0.1) is 5.69 Å². The molecule has 0 saturated heterocycles. The lowest BCUT2D eigenvalue weighted by molar-refractivity contribution is 0.475. The van der Waals surface area contributed by atoms with Crippen molar-refractivity contribution in [2.75, 3.05) is 5.73 Å². The number of phenolic OH excluding ortho intramolecular Hbond substituents is 1. The van der Waals surface area contributed by atoms with Crippen molar-refractivity contribution in [2.45, 2.75) is 6.92 Å². The quantitative estimate of drug-likeness (QED) is 0.653. The molecule has 6 heteroatoms. The summed E-state index contributed by atoms with van der Waals surface area (Å²) in [6.45, 7) is 1.80. The van der Waals surface area contributed by atoms with Gasteiger partial charge in [0.25, 0.3) is 0 Å². The van der Waals surface area contributed by atoms with Crippen LogP contribution in [0, 0.1) is 6.92 Å². The molecule has 20 heavy (non-hydrogen) atoms. The van der Waals surface area contributed by atoms with Crippen molar-refractivity contribution in [1.82, 2.24) is 9.97 Å². The lowest BCUT2D eigenvalue weighted by atomic mass is 10.0. The summed E-state index contributed by atoms with van der Waals surface area (Å²) in [4.78, 5) is 19.2. The third-order valence-corrected chi connectivity index (χ3v) is 3.02. The molecule has 0 bridgehead atoms. The Hall–Kier alpha value is -2.89. The van der Waals surface area contributed by atoms with E-state index >= 15 is 0 Å². The van der Waals surface area contributed by atoms with Gasteiger partial charge in [-0.25, -0.2) is 14.8 Å². The van der Waals surface area contributed by atoms with Crippen molar-refractivity contribution in [1.29, 1.82) is 0 Å². The van der Waals surface area contributed by atoms with E-state index < -0.39 is 5.63 Å². The number of nitrogens with two attached hydrogens (primary N) is 1. The van der Waals surface area contributed by atoms with Crippen LogP contribution in [-0.2, 0) is 0 Å². The maximum atomic E-state index is 11.3. The number of hydrogen-bond donors (Lipinski definition) is 2. The zero-order chi connectivity index (χ0) is 14.3. The molecule has 100 valence electrons. The van der Waals surface area contributed by atoms with Crippen LogP contribution in [0.25, 0.3) is 22.2 Å². The van der Waals surface area contributed by atoms with Gasteiger partial charge in [0.2, 0.25) is 5.95 Å². The highest BCUT2D eigenvalue weighted by molar-refractivity contribution is 5.88. The molecule has 0 fully saturated rings. The minimum atomic E-state index is -0.451. The minimum Gasteiger partial charge on any atom is -0.507 e. The van der Waals surface area contributed by atoms with Crippen LogP contribution in [0.1, 0.15) is 5.56 Å². The van der Waals surface area contributed by atoms with Crippen LogP contribution in [0.4, 0.5) is 5.95 Å². The molecule has 0 amide bonds. The third kappa shape index (κ3) is 1.97. The number of hydrogen-bond acceptors (Lipinski definition) is 6. The molecule has 2 heterocycles. The average molecular weight is 269 g/mol. The van der Waals surface area contributed by atoms with Crippen LogP contribution in [-0.4, -0.2) is 15.1 Å². The Morgan fingerprint density at radius 1 is 1.30 bits per heavy atom. The summed E-state index contributed by atoms with van der Waals surface area (Å²) in [6, 6.07) is 6.16. The number of benzene rings is 1. The van der Waals surface area contributed by atoms with Gasteiger partial charge in [-0.05, 0) is 24.6 Å². The van der Waals surface area contributed by atoms with Gasteiger partial charge in [0, 0.05) is 29.3 Å². The Kier molecular flexibility index (Phi) is 2.64. The summed E-state index contributed by atoms with van der Waals surface area (Å²) in [6.07, 6.45) is 1.51. The van der Waals surface area contributed by atoms with Crippen molar-refractivity contribution < 1.29 is 9.52 Å². The summed E-state index contributed by atoms with van der Waals surface area (Å²) in [7, 11) is 0. The number of anilines is 1. The topological polar surface area (TPSA) is 102 Å². The first-order valence-corrected chi connectivity index (χ1v) is 5.91. The Labute approximate surface area is 113 Å². The molecule has 1 aromatic carbocycles. The van der Waals surface area contributed by atoms with Crippen LogP contribution >= 0.6 is 0 Å². The van der Waals surface area contributed by atoms with E-state index in [9.17, 15) is 9.90 Å². The molecule has 3 N–H and O–H groups in total. The molecular formula is C14H11N3O3. The lowest BCUT2D eigenvalue weighted by Crippen LogP contribution is -1.99. The monoisotopic (exact) mass is 269 g/mol. The summed E-state index contributed by atoms with van der Waals surface area (Å²) in [5.74, 6) is 0.0858. The number of nitrogen functional groups attached to an aromatic ring is 1. The Morgan fingerprint density at radius 2 is 2.10 bits per heavy atom. The Bertz CT molecular complexity index is 871. The Morgan fingerprint density at radius 3 is 2.85 bits per heavy atom. The predicted molar refractivity (Wildman–Crippen MR) is 74.3 cm³/mol. The number of phenols is 1. The molecule has 0 spiro atoms. The first-order chi connectivity index (χ1) is 9.54. The molecule has 3 rings (SSSR count). The standard InChI is InChI=1S/C14H11N3O3/c1-7-4-13(19)20-12-6-11(18)9(5-8(7)12)10-2-3-16-14(15)17-10/h2-6,18H,1H3,(H2,15,16,17). The van der Waals surface area contributed by atoms with Crippen LogP contribution < -0.4 is 11.4 Å². The highest BCUT2D eigenvalue weighted by Gasteiger charge is 2.11. The lowest BCUT2D eigenvalue weighted by Gasteiger charge is -2.07. The fourth-order valence-corrected chi connectivity index (χ4v) is 2.08.